The fraction of sp³-hybridized carbons (Fsp3) is 0.948. The molecule has 17 nitrogen and oxygen atoms in total. The van der Waals surface area contributed by atoms with Crippen LogP contribution < -0.4 is 0 Å². The second-order valence-electron chi connectivity index (χ2n) is 28.7. The number of hydrogen-bond acceptors (Lipinski definition) is 15. The topological polar surface area (TPSA) is 237 Å². The maximum atomic E-state index is 13.1. The third-order valence-corrected chi connectivity index (χ3v) is 19.9. The van der Waals surface area contributed by atoms with E-state index in [9.17, 15) is 43.2 Å². The number of unbranched alkanes of at least 4 members (excludes halogenated alkanes) is 46. The van der Waals surface area contributed by atoms with Crippen molar-refractivity contribution in [2.75, 3.05) is 39.6 Å². The van der Waals surface area contributed by atoms with E-state index in [0.717, 1.165) is 108 Å². The second kappa shape index (κ2) is 68.8. The number of rotatable bonds is 76. The number of aliphatic hydroxyl groups excluding tert-OH is 1. The molecule has 0 amide bonds. The van der Waals surface area contributed by atoms with E-state index in [1.165, 1.54) is 212 Å². The highest BCUT2D eigenvalue weighted by Gasteiger charge is 2.30. The first kappa shape index (κ1) is 94.1. The first-order valence-corrected chi connectivity index (χ1v) is 43.0. The molecule has 0 rings (SSSR count). The fourth-order valence-corrected chi connectivity index (χ4v) is 13.4. The molecular formula is C77H150O17P2. The number of carbonyl (C=O) groups excluding carboxylic acids is 4. The van der Waals surface area contributed by atoms with Crippen LogP contribution in [-0.2, 0) is 65.4 Å². The van der Waals surface area contributed by atoms with Gasteiger partial charge in [-0.05, 0) is 37.5 Å². The highest BCUT2D eigenvalue weighted by molar-refractivity contribution is 7.47. The Labute approximate surface area is 588 Å². The molecule has 3 N–H and O–H groups in total. The predicted molar refractivity (Wildman–Crippen MR) is 391 cm³/mol. The molecule has 0 aliphatic carbocycles. The van der Waals surface area contributed by atoms with Crippen LogP contribution >= 0.6 is 15.6 Å². The number of aliphatic hydroxyl groups is 1. The molecule has 19 heteroatoms. The molecule has 0 spiro atoms. The smallest absolute Gasteiger partial charge is 0.462 e. The Morgan fingerprint density at radius 3 is 0.708 bits per heavy atom. The number of hydrogen-bond donors (Lipinski definition) is 3. The van der Waals surface area contributed by atoms with E-state index in [2.05, 4.69) is 41.5 Å². The Hall–Kier alpha value is -1.94. The lowest BCUT2D eigenvalue weighted by atomic mass is 10.0. The van der Waals surface area contributed by atoms with Crippen molar-refractivity contribution in [3.63, 3.8) is 0 Å². The number of phosphoric ester groups is 2. The summed E-state index contributed by atoms with van der Waals surface area (Å²) >= 11 is 0. The Bertz CT molecular complexity index is 1860. The van der Waals surface area contributed by atoms with Crippen molar-refractivity contribution in [3.8, 4) is 0 Å². The standard InChI is InChI=1S/C77H150O17P2/c1-7-9-11-13-14-15-16-17-18-19-20-24-27-32-37-42-48-54-60-75(80)88-66-73(94-77(82)61-55-49-43-38-33-28-25-22-21-23-26-30-35-40-46-51-57-69(3)4)68-92-96(85,86)90-64-71(78)63-89-95(83,84)91-67-72(65-87-74(79)59-53-45-12-10-8-2)93-76(81)62-56-50-44-39-34-29-31-36-41-47-52-58-70(5)6/h69-73,78H,7-68H2,1-6H3,(H,83,84)(H,85,86)/t71-,72+,73+/m0/s1. The number of ether oxygens (including phenoxy) is 4. The van der Waals surface area contributed by atoms with Gasteiger partial charge in [0.15, 0.2) is 12.2 Å². The molecule has 0 aliphatic rings. The predicted octanol–water partition coefficient (Wildman–Crippen LogP) is 22.7. The van der Waals surface area contributed by atoms with Crippen LogP contribution in [0.5, 0.6) is 0 Å². The molecule has 0 radical (unpaired) electrons. The lowest BCUT2D eigenvalue weighted by Crippen LogP contribution is -2.30. The maximum Gasteiger partial charge on any atom is 0.472 e. The van der Waals surface area contributed by atoms with Gasteiger partial charge in [0.25, 0.3) is 0 Å². The summed E-state index contributed by atoms with van der Waals surface area (Å²) in [5, 5.41) is 10.6. The molecule has 0 aromatic heterocycles. The molecule has 96 heavy (non-hydrogen) atoms. The van der Waals surface area contributed by atoms with Gasteiger partial charge in [-0.2, -0.15) is 0 Å². The lowest BCUT2D eigenvalue weighted by Gasteiger charge is -2.21. The average Bonchev–Trinajstić information content (AvgIpc) is 1.16. The summed E-state index contributed by atoms with van der Waals surface area (Å²) in [6.07, 6.45) is 57.3. The van der Waals surface area contributed by atoms with Gasteiger partial charge in [-0.15, -0.1) is 0 Å². The van der Waals surface area contributed by atoms with E-state index < -0.39 is 97.5 Å². The summed E-state index contributed by atoms with van der Waals surface area (Å²) < 4.78 is 68.3. The lowest BCUT2D eigenvalue weighted by molar-refractivity contribution is -0.161. The third-order valence-electron chi connectivity index (χ3n) is 18.0. The van der Waals surface area contributed by atoms with Crippen molar-refractivity contribution in [1.29, 1.82) is 0 Å². The van der Waals surface area contributed by atoms with Gasteiger partial charge in [0, 0.05) is 25.7 Å². The quantitative estimate of drug-likeness (QED) is 0.0222. The Kier molecular flexibility index (Phi) is 67.4. The molecule has 0 saturated heterocycles. The maximum absolute atomic E-state index is 13.1. The molecule has 2 unspecified atom stereocenters. The average molecular weight is 1410 g/mol. The van der Waals surface area contributed by atoms with E-state index in [0.29, 0.717) is 25.7 Å². The first-order chi connectivity index (χ1) is 46.4. The largest absolute Gasteiger partial charge is 0.472 e. The molecule has 0 bridgehead atoms. The van der Waals surface area contributed by atoms with E-state index in [-0.39, 0.29) is 25.7 Å². The molecular weight excluding hydrogens is 1260 g/mol. The third kappa shape index (κ3) is 70.5. The van der Waals surface area contributed by atoms with E-state index in [4.69, 9.17) is 37.0 Å². The van der Waals surface area contributed by atoms with Crippen molar-refractivity contribution < 1.29 is 80.2 Å². The van der Waals surface area contributed by atoms with Crippen LogP contribution in [-0.4, -0.2) is 96.7 Å². The number of esters is 4. The summed E-state index contributed by atoms with van der Waals surface area (Å²) in [5.74, 6) is -0.550. The van der Waals surface area contributed by atoms with Crippen LogP contribution in [0.3, 0.4) is 0 Å². The molecule has 0 fully saturated rings. The summed E-state index contributed by atoms with van der Waals surface area (Å²) in [6.45, 7) is 9.55. The SMILES string of the molecule is CCCCCCCCCCCCCCCCCCCCC(=O)OC[C@H](COP(=O)(O)OC[C@@H](O)COP(=O)(O)OC[C@@H](COC(=O)CCCCCCC)OC(=O)CCCCCCCCCCCCCC(C)C)OC(=O)CCCCCCCCCCCCCCCCCCC(C)C. The van der Waals surface area contributed by atoms with Crippen LogP contribution in [0.1, 0.15) is 401 Å². The van der Waals surface area contributed by atoms with Gasteiger partial charge in [0.2, 0.25) is 0 Å². The van der Waals surface area contributed by atoms with Gasteiger partial charge in [-0.25, -0.2) is 9.13 Å². The minimum absolute atomic E-state index is 0.106. The molecule has 570 valence electrons. The molecule has 5 atom stereocenters. The molecule has 0 aliphatic heterocycles. The van der Waals surface area contributed by atoms with Crippen LogP contribution in [0, 0.1) is 11.8 Å². The van der Waals surface area contributed by atoms with Gasteiger partial charge < -0.3 is 33.8 Å². The van der Waals surface area contributed by atoms with Crippen LogP contribution in [0.4, 0.5) is 0 Å². The Balaban J connectivity index is 5.14. The highest BCUT2D eigenvalue weighted by atomic mass is 31.2. The summed E-state index contributed by atoms with van der Waals surface area (Å²) in [6, 6.07) is 0. The van der Waals surface area contributed by atoms with Gasteiger partial charge in [-0.1, -0.05) is 350 Å². The van der Waals surface area contributed by atoms with Gasteiger partial charge in [0.05, 0.1) is 26.4 Å². The normalized spacial score (nSPS) is 14.0. The number of phosphoric acid groups is 2. The fourth-order valence-electron chi connectivity index (χ4n) is 11.8. The minimum Gasteiger partial charge on any atom is -0.462 e. The Morgan fingerprint density at radius 1 is 0.281 bits per heavy atom. The van der Waals surface area contributed by atoms with Crippen molar-refractivity contribution >= 4 is 39.5 Å². The van der Waals surface area contributed by atoms with Crippen molar-refractivity contribution in [3.05, 3.63) is 0 Å². The van der Waals surface area contributed by atoms with Gasteiger partial charge in [-0.3, -0.25) is 37.3 Å². The van der Waals surface area contributed by atoms with Gasteiger partial charge >= 0.3 is 39.5 Å². The van der Waals surface area contributed by atoms with E-state index >= 15 is 0 Å². The van der Waals surface area contributed by atoms with Crippen molar-refractivity contribution in [1.82, 2.24) is 0 Å². The van der Waals surface area contributed by atoms with E-state index in [1.54, 1.807) is 0 Å². The van der Waals surface area contributed by atoms with Crippen LogP contribution in [0.15, 0.2) is 0 Å². The first-order valence-electron chi connectivity index (χ1n) is 40.0. The summed E-state index contributed by atoms with van der Waals surface area (Å²) in [5.41, 5.74) is 0. The van der Waals surface area contributed by atoms with Crippen molar-refractivity contribution in [2.45, 2.75) is 419 Å². The molecule has 0 heterocycles. The Morgan fingerprint density at radius 2 is 0.479 bits per heavy atom. The van der Waals surface area contributed by atoms with Crippen molar-refractivity contribution in [2.24, 2.45) is 11.8 Å². The van der Waals surface area contributed by atoms with Crippen LogP contribution in [0.25, 0.3) is 0 Å². The van der Waals surface area contributed by atoms with Crippen LogP contribution in [0.2, 0.25) is 0 Å². The van der Waals surface area contributed by atoms with E-state index in [1.807, 2.05) is 0 Å². The highest BCUT2D eigenvalue weighted by Crippen LogP contribution is 2.45. The monoisotopic (exact) mass is 1410 g/mol. The molecule has 0 saturated carbocycles. The molecule has 0 aromatic rings. The molecule has 0 aromatic carbocycles. The second-order valence-corrected chi connectivity index (χ2v) is 31.6. The summed E-state index contributed by atoms with van der Waals surface area (Å²) in [7, 11) is -9.90. The summed E-state index contributed by atoms with van der Waals surface area (Å²) in [4.78, 5) is 72.6. The zero-order chi connectivity index (χ0) is 70.7. The van der Waals surface area contributed by atoms with Gasteiger partial charge in [0.1, 0.15) is 19.3 Å². The zero-order valence-electron chi connectivity index (χ0n) is 62.7. The zero-order valence-corrected chi connectivity index (χ0v) is 64.5. The number of carbonyl (C=O) groups is 4. The minimum atomic E-state index is -4.96.